The van der Waals surface area contributed by atoms with Gasteiger partial charge in [-0.1, -0.05) is 20.8 Å². The standard InChI is InChI=1S/C14H26N2O3/c1-13(2,3)10(15)9-11(17)16-8-6-5-7-14(16,4)12(18)19/h10H,5-9,15H2,1-4H3,(H,18,19). The first-order chi connectivity index (χ1) is 8.59. The fourth-order valence-electron chi connectivity index (χ4n) is 2.35. The topological polar surface area (TPSA) is 83.6 Å². The number of amides is 1. The average molecular weight is 270 g/mol. The molecular formula is C14H26N2O3. The number of likely N-dealkylation sites (tertiary alicyclic amines) is 1. The Labute approximate surface area is 115 Å². The van der Waals surface area contributed by atoms with E-state index in [1.165, 1.54) is 4.90 Å². The molecule has 0 spiro atoms. The number of nitrogens with two attached hydrogens (primary N) is 1. The molecule has 0 aliphatic carbocycles. The normalized spacial score (nSPS) is 26.1. The smallest absolute Gasteiger partial charge is 0.329 e. The van der Waals surface area contributed by atoms with Crippen molar-refractivity contribution < 1.29 is 14.7 Å². The summed E-state index contributed by atoms with van der Waals surface area (Å²) in [4.78, 5) is 25.3. The number of nitrogens with zero attached hydrogens (tertiary/aromatic N) is 1. The zero-order chi connectivity index (χ0) is 14.8. The highest BCUT2D eigenvalue weighted by Crippen LogP contribution is 2.30. The van der Waals surface area contributed by atoms with Crippen LogP contribution in [-0.4, -0.2) is 40.0 Å². The molecule has 2 unspecified atom stereocenters. The van der Waals surface area contributed by atoms with E-state index in [9.17, 15) is 14.7 Å². The second kappa shape index (κ2) is 5.49. The van der Waals surface area contributed by atoms with Crippen LogP contribution in [0.1, 0.15) is 53.4 Å². The van der Waals surface area contributed by atoms with Crippen molar-refractivity contribution in [1.82, 2.24) is 4.90 Å². The Kier molecular flexibility index (Phi) is 4.61. The van der Waals surface area contributed by atoms with Gasteiger partial charge >= 0.3 is 5.97 Å². The maximum Gasteiger partial charge on any atom is 0.329 e. The third kappa shape index (κ3) is 3.47. The number of carbonyl (C=O) groups excluding carboxylic acids is 1. The fourth-order valence-corrected chi connectivity index (χ4v) is 2.35. The van der Waals surface area contributed by atoms with Crippen LogP contribution in [0.4, 0.5) is 0 Å². The number of hydrogen-bond donors (Lipinski definition) is 2. The lowest BCUT2D eigenvalue weighted by molar-refractivity contribution is -0.161. The maximum atomic E-state index is 12.4. The molecule has 1 heterocycles. The van der Waals surface area contributed by atoms with Gasteiger partial charge in [-0.15, -0.1) is 0 Å². The highest BCUT2D eigenvalue weighted by Gasteiger charge is 2.44. The molecule has 2 atom stereocenters. The molecule has 0 radical (unpaired) electrons. The lowest BCUT2D eigenvalue weighted by Crippen LogP contribution is -2.58. The van der Waals surface area contributed by atoms with Crippen LogP contribution >= 0.6 is 0 Å². The minimum Gasteiger partial charge on any atom is -0.480 e. The Hall–Kier alpha value is -1.10. The van der Waals surface area contributed by atoms with Crippen molar-refractivity contribution in [2.24, 2.45) is 11.1 Å². The molecule has 1 aliphatic heterocycles. The quantitative estimate of drug-likeness (QED) is 0.816. The van der Waals surface area contributed by atoms with Crippen molar-refractivity contribution in [3.63, 3.8) is 0 Å². The number of aliphatic carboxylic acids is 1. The molecular weight excluding hydrogens is 244 g/mol. The van der Waals surface area contributed by atoms with Crippen molar-refractivity contribution >= 4 is 11.9 Å². The van der Waals surface area contributed by atoms with Crippen molar-refractivity contribution in [2.45, 2.75) is 65.0 Å². The maximum absolute atomic E-state index is 12.4. The van der Waals surface area contributed by atoms with Gasteiger partial charge < -0.3 is 15.7 Å². The van der Waals surface area contributed by atoms with Crippen LogP contribution in [0, 0.1) is 5.41 Å². The van der Waals surface area contributed by atoms with E-state index in [-0.39, 0.29) is 23.8 Å². The summed E-state index contributed by atoms with van der Waals surface area (Å²) in [6, 6.07) is -0.264. The molecule has 1 fully saturated rings. The first kappa shape index (κ1) is 16.0. The summed E-state index contributed by atoms with van der Waals surface area (Å²) < 4.78 is 0. The first-order valence-corrected chi connectivity index (χ1v) is 6.88. The van der Waals surface area contributed by atoms with E-state index in [0.29, 0.717) is 13.0 Å². The summed E-state index contributed by atoms with van der Waals surface area (Å²) in [7, 11) is 0. The molecule has 19 heavy (non-hydrogen) atoms. The van der Waals surface area contributed by atoms with Crippen LogP contribution in [0.3, 0.4) is 0 Å². The third-order valence-corrected chi connectivity index (χ3v) is 4.16. The van der Waals surface area contributed by atoms with Gasteiger partial charge in [-0.3, -0.25) is 4.79 Å². The van der Waals surface area contributed by atoms with Gasteiger partial charge in [-0.2, -0.15) is 0 Å². The van der Waals surface area contributed by atoms with Gasteiger partial charge in [-0.25, -0.2) is 4.79 Å². The van der Waals surface area contributed by atoms with Gasteiger partial charge in [0.15, 0.2) is 0 Å². The molecule has 1 amide bonds. The molecule has 5 nitrogen and oxygen atoms in total. The highest BCUT2D eigenvalue weighted by molar-refractivity contribution is 5.87. The van der Waals surface area contributed by atoms with E-state index in [1.54, 1.807) is 6.92 Å². The van der Waals surface area contributed by atoms with Crippen LogP contribution in [-0.2, 0) is 9.59 Å². The van der Waals surface area contributed by atoms with E-state index in [1.807, 2.05) is 20.8 Å². The van der Waals surface area contributed by atoms with Crippen LogP contribution in [0.2, 0.25) is 0 Å². The minimum atomic E-state index is -1.08. The van der Waals surface area contributed by atoms with E-state index in [0.717, 1.165) is 12.8 Å². The molecule has 0 saturated carbocycles. The second-order valence-corrected chi connectivity index (χ2v) is 6.76. The van der Waals surface area contributed by atoms with Crippen molar-refractivity contribution in [3.8, 4) is 0 Å². The molecule has 1 rings (SSSR count). The van der Waals surface area contributed by atoms with E-state index >= 15 is 0 Å². The van der Waals surface area contributed by atoms with Crippen molar-refractivity contribution in [2.75, 3.05) is 6.54 Å². The number of carboxylic acids is 1. The number of carboxylic acid groups (broad SMARTS) is 1. The minimum absolute atomic E-state index is 0.146. The van der Waals surface area contributed by atoms with Crippen molar-refractivity contribution in [3.05, 3.63) is 0 Å². The average Bonchev–Trinajstić information content (AvgIpc) is 2.27. The molecule has 1 saturated heterocycles. The highest BCUT2D eigenvalue weighted by atomic mass is 16.4. The summed E-state index contributed by atoms with van der Waals surface area (Å²) in [5, 5.41) is 9.39. The largest absolute Gasteiger partial charge is 0.480 e. The molecule has 0 bridgehead atoms. The van der Waals surface area contributed by atoms with Crippen LogP contribution < -0.4 is 5.73 Å². The van der Waals surface area contributed by atoms with E-state index in [4.69, 9.17) is 5.73 Å². The zero-order valence-corrected chi connectivity index (χ0v) is 12.4. The monoisotopic (exact) mass is 270 g/mol. The molecule has 0 aromatic carbocycles. The molecule has 1 aliphatic rings. The number of carbonyl (C=O) groups is 2. The van der Waals surface area contributed by atoms with Crippen LogP contribution in [0.25, 0.3) is 0 Å². The Balaban J connectivity index is 2.82. The summed E-state index contributed by atoms with van der Waals surface area (Å²) in [5.41, 5.74) is 4.79. The summed E-state index contributed by atoms with van der Waals surface area (Å²) >= 11 is 0. The van der Waals surface area contributed by atoms with E-state index < -0.39 is 11.5 Å². The van der Waals surface area contributed by atoms with Crippen LogP contribution in [0.15, 0.2) is 0 Å². The zero-order valence-electron chi connectivity index (χ0n) is 12.4. The Morgan fingerprint density at radius 1 is 1.37 bits per heavy atom. The predicted molar refractivity (Wildman–Crippen MR) is 73.7 cm³/mol. The lowest BCUT2D eigenvalue weighted by atomic mass is 9.83. The van der Waals surface area contributed by atoms with Crippen molar-refractivity contribution in [1.29, 1.82) is 0 Å². The van der Waals surface area contributed by atoms with Gasteiger partial charge in [-0.05, 0) is 31.6 Å². The summed E-state index contributed by atoms with van der Waals surface area (Å²) in [5.74, 6) is -1.07. The predicted octanol–water partition coefficient (Wildman–Crippen LogP) is 1.61. The molecule has 3 N–H and O–H groups in total. The summed E-state index contributed by atoms with van der Waals surface area (Å²) in [6.07, 6.45) is 2.42. The number of rotatable bonds is 3. The van der Waals surface area contributed by atoms with Gasteiger partial charge in [0.05, 0.1) is 0 Å². The van der Waals surface area contributed by atoms with Gasteiger partial charge in [0, 0.05) is 19.0 Å². The number of hydrogen-bond acceptors (Lipinski definition) is 3. The second-order valence-electron chi connectivity index (χ2n) is 6.76. The molecule has 0 aromatic rings. The first-order valence-electron chi connectivity index (χ1n) is 6.88. The SMILES string of the molecule is CC(C)(C)C(N)CC(=O)N1CCCCC1(C)C(=O)O. The Bertz CT molecular complexity index is 362. The van der Waals surface area contributed by atoms with Gasteiger partial charge in [0.1, 0.15) is 5.54 Å². The fraction of sp³-hybridized carbons (Fsp3) is 0.857. The molecule has 0 aromatic heterocycles. The lowest BCUT2D eigenvalue weighted by Gasteiger charge is -2.42. The third-order valence-electron chi connectivity index (χ3n) is 4.16. The van der Waals surface area contributed by atoms with Gasteiger partial charge in [0.2, 0.25) is 5.91 Å². The van der Waals surface area contributed by atoms with Gasteiger partial charge in [0.25, 0.3) is 0 Å². The Morgan fingerprint density at radius 3 is 2.42 bits per heavy atom. The Morgan fingerprint density at radius 2 is 1.95 bits per heavy atom. The molecule has 5 heteroatoms. The summed E-state index contributed by atoms with van der Waals surface area (Å²) in [6.45, 7) is 8.10. The van der Waals surface area contributed by atoms with Crippen LogP contribution in [0.5, 0.6) is 0 Å². The molecule has 110 valence electrons. The number of piperidine rings is 1. The van der Waals surface area contributed by atoms with E-state index in [2.05, 4.69) is 0 Å².